The van der Waals surface area contributed by atoms with Crippen molar-refractivity contribution in [2.75, 3.05) is 0 Å². The van der Waals surface area contributed by atoms with Crippen LogP contribution in [0, 0.1) is 0 Å². The molecule has 0 aliphatic heterocycles. The standard InChI is InChI=1S/C47H29N3O/c1-3-13-32(14-4-1)41-29-42(50-47(49-41)34-15-5-2-6-16-34)33-24-22-30(23-25-33)35-26-27-40-39(28-35)46-44(38-19-9-10-21-43(38)51-46)45(48-40)37-20-11-17-31-12-7-8-18-36(31)37/h1-29H. The molecule has 0 amide bonds. The molecule has 0 radical (unpaired) electrons. The van der Waals surface area contributed by atoms with Gasteiger partial charge in [0.1, 0.15) is 11.2 Å². The lowest BCUT2D eigenvalue weighted by Gasteiger charge is -2.11. The number of furan rings is 1. The van der Waals surface area contributed by atoms with Crippen molar-refractivity contribution in [3.05, 3.63) is 176 Å². The van der Waals surface area contributed by atoms with Crippen LogP contribution in [0.25, 0.3) is 99.9 Å². The maximum atomic E-state index is 6.65. The van der Waals surface area contributed by atoms with Gasteiger partial charge in [-0.3, -0.25) is 0 Å². The average molecular weight is 652 g/mol. The third kappa shape index (κ3) is 5.04. The number of fused-ring (bicyclic) bond motifs is 6. The maximum Gasteiger partial charge on any atom is 0.160 e. The number of hydrogen-bond acceptors (Lipinski definition) is 4. The van der Waals surface area contributed by atoms with Gasteiger partial charge >= 0.3 is 0 Å². The summed E-state index contributed by atoms with van der Waals surface area (Å²) in [6.45, 7) is 0. The van der Waals surface area contributed by atoms with Crippen LogP contribution in [-0.4, -0.2) is 15.0 Å². The van der Waals surface area contributed by atoms with Crippen molar-refractivity contribution < 1.29 is 4.42 Å². The van der Waals surface area contributed by atoms with Gasteiger partial charge in [-0.25, -0.2) is 15.0 Å². The van der Waals surface area contributed by atoms with Crippen LogP contribution in [0.4, 0.5) is 0 Å². The number of hydrogen-bond donors (Lipinski definition) is 0. The molecule has 0 atom stereocenters. The van der Waals surface area contributed by atoms with Gasteiger partial charge in [-0.15, -0.1) is 0 Å². The number of nitrogens with zero attached hydrogens (tertiary/aromatic N) is 3. The average Bonchev–Trinajstić information content (AvgIpc) is 3.61. The molecule has 51 heavy (non-hydrogen) atoms. The Bertz CT molecular complexity index is 2830. The summed E-state index contributed by atoms with van der Waals surface area (Å²) in [6.07, 6.45) is 0. The molecule has 10 aromatic rings. The molecule has 0 unspecified atom stereocenters. The Morgan fingerprint density at radius 3 is 1.78 bits per heavy atom. The number of aromatic nitrogens is 3. The zero-order valence-electron chi connectivity index (χ0n) is 27.5. The monoisotopic (exact) mass is 651 g/mol. The molecule has 4 heteroatoms. The molecule has 0 saturated heterocycles. The van der Waals surface area contributed by atoms with Crippen LogP contribution in [0.2, 0.25) is 0 Å². The molecule has 3 aromatic heterocycles. The predicted octanol–water partition coefficient (Wildman–Crippen LogP) is 12.4. The van der Waals surface area contributed by atoms with Gasteiger partial charge < -0.3 is 4.42 Å². The van der Waals surface area contributed by atoms with Crippen molar-refractivity contribution >= 4 is 43.6 Å². The SMILES string of the molecule is c1ccc(-c2cc(-c3ccc(-c4ccc5nc(-c6cccc7ccccc67)c6c7ccccc7oc6c5c4)cc3)nc(-c3ccccc3)n2)cc1. The Labute approximate surface area is 294 Å². The highest BCUT2D eigenvalue weighted by molar-refractivity contribution is 6.21. The van der Waals surface area contributed by atoms with E-state index in [-0.39, 0.29) is 0 Å². The highest BCUT2D eigenvalue weighted by Gasteiger charge is 2.19. The lowest BCUT2D eigenvalue weighted by atomic mass is 9.96. The molecule has 3 heterocycles. The summed E-state index contributed by atoms with van der Waals surface area (Å²) in [5.74, 6) is 0.704. The fraction of sp³-hybridized carbons (Fsp3) is 0. The van der Waals surface area contributed by atoms with Crippen LogP contribution in [-0.2, 0) is 0 Å². The molecule has 0 N–H and O–H groups in total. The van der Waals surface area contributed by atoms with E-state index < -0.39 is 0 Å². The van der Waals surface area contributed by atoms with E-state index in [2.05, 4.69) is 127 Å². The third-order valence-corrected chi connectivity index (χ3v) is 9.69. The van der Waals surface area contributed by atoms with Crippen LogP contribution in [0.15, 0.2) is 180 Å². The highest BCUT2D eigenvalue weighted by Crippen LogP contribution is 2.42. The molecular formula is C47H29N3O. The van der Waals surface area contributed by atoms with Crippen LogP contribution < -0.4 is 0 Å². The summed E-state index contributed by atoms with van der Waals surface area (Å²) in [4.78, 5) is 15.3. The minimum absolute atomic E-state index is 0.704. The van der Waals surface area contributed by atoms with Gasteiger partial charge in [-0.05, 0) is 46.2 Å². The van der Waals surface area contributed by atoms with Crippen LogP contribution >= 0.6 is 0 Å². The molecule has 0 bridgehead atoms. The zero-order chi connectivity index (χ0) is 33.7. The molecule has 0 saturated carbocycles. The summed E-state index contributed by atoms with van der Waals surface area (Å²) in [7, 11) is 0. The Morgan fingerprint density at radius 1 is 0.392 bits per heavy atom. The van der Waals surface area contributed by atoms with Gasteiger partial charge in [0.2, 0.25) is 0 Å². The van der Waals surface area contributed by atoms with Crippen LogP contribution in [0.3, 0.4) is 0 Å². The molecule has 7 aromatic carbocycles. The number of para-hydroxylation sites is 1. The van der Waals surface area contributed by atoms with E-state index in [1.165, 1.54) is 10.8 Å². The summed E-state index contributed by atoms with van der Waals surface area (Å²) >= 11 is 0. The summed E-state index contributed by atoms with van der Waals surface area (Å²) in [5, 5.41) is 5.45. The Hall–Kier alpha value is -6.91. The van der Waals surface area contributed by atoms with E-state index in [9.17, 15) is 0 Å². The van der Waals surface area contributed by atoms with Crippen LogP contribution in [0.5, 0.6) is 0 Å². The minimum atomic E-state index is 0.704. The second-order valence-electron chi connectivity index (χ2n) is 12.8. The van der Waals surface area contributed by atoms with Gasteiger partial charge in [0.25, 0.3) is 0 Å². The topological polar surface area (TPSA) is 51.8 Å². The smallest absolute Gasteiger partial charge is 0.160 e. The largest absolute Gasteiger partial charge is 0.455 e. The predicted molar refractivity (Wildman–Crippen MR) is 209 cm³/mol. The van der Waals surface area contributed by atoms with E-state index in [1.807, 2.05) is 48.5 Å². The lowest BCUT2D eigenvalue weighted by molar-refractivity contribution is 0.672. The summed E-state index contributed by atoms with van der Waals surface area (Å²) in [5.41, 5.74) is 11.7. The first-order chi connectivity index (χ1) is 25.3. The van der Waals surface area contributed by atoms with Crippen molar-refractivity contribution in [1.82, 2.24) is 15.0 Å². The molecule has 0 spiro atoms. The van der Waals surface area contributed by atoms with Crippen molar-refractivity contribution in [3.8, 4) is 56.3 Å². The quantitative estimate of drug-likeness (QED) is 0.186. The first kappa shape index (κ1) is 29.0. The number of benzene rings is 7. The van der Waals surface area contributed by atoms with E-state index in [1.54, 1.807) is 0 Å². The van der Waals surface area contributed by atoms with E-state index in [4.69, 9.17) is 19.4 Å². The lowest BCUT2D eigenvalue weighted by Crippen LogP contribution is -1.95. The second kappa shape index (κ2) is 11.9. The molecule has 4 nitrogen and oxygen atoms in total. The van der Waals surface area contributed by atoms with Crippen molar-refractivity contribution in [2.24, 2.45) is 0 Å². The van der Waals surface area contributed by atoms with E-state index in [0.29, 0.717) is 5.82 Å². The second-order valence-corrected chi connectivity index (χ2v) is 12.8. The zero-order valence-corrected chi connectivity index (χ0v) is 27.5. The molecule has 0 aliphatic rings. The molecule has 0 aliphatic carbocycles. The van der Waals surface area contributed by atoms with Gasteiger partial charge in [-0.2, -0.15) is 0 Å². The summed E-state index contributed by atoms with van der Waals surface area (Å²) < 4.78 is 6.65. The van der Waals surface area contributed by atoms with Crippen LogP contribution in [0.1, 0.15) is 0 Å². The number of rotatable bonds is 5. The molecule has 10 rings (SSSR count). The normalized spacial score (nSPS) is 11.5. The number of pyridine rings is 1. The summed E-state index contributed by atoms with van der Waals surface area (Å²) in [6, 6.07) is 60.7. The molecule has 0 fully saturated rings. The minimum Gasteiger partial charge on any atom is -0.455 e. The highest BCUT2D eigenvalue weighted by atomic mass is 16.3. The van der Waals surface area contributed by atoms with Gasteiger partial charge in [0.05, 0.1) is 28.0 Å². The molecular weight excluding hydrogens is 623 g/mol. The fourth-order valence-corrected chi connectivity index (χ4v) is 7.17. The van der Waals surface area contributed by atoms with Crippen molar-refractivity contribution in [1.29, 1.82) is 0 Å². The van der Waals surface area contributed by atoms with Crippen molar-refractivity contribution in [2.45, 2.75) is 0 Å². The Kier molecular flexibility index (Phi) is 6.78. The Balaban J connectivity index is 1.10. The fourth-order valence-electron chi connectivity index (χ4n) is 7.17. The van der Waals surface area contributed by atoms with E-state index >= 15 is 0 Å². The molecule has 238 valence electrons. The first-order valence-corrected chi connectivity index (χ1v) is 17.1. The maximum absolute atomic E-state index is 6.65. The van der Waals surface area contributed by atoms with Gasteiger partial charge in [0.15, 0.2) is 5.82 Å². The van der Waals surface area contributed by atoms with Gasteiger partial charge in [0, 0.05) is 33.0 Å². The Morgan fingerprint density at radius 2 is 1.00 bits per heavy atom. The van der Waals surface area contributed by atoms with Crippen molar-refractivity contribution in [3.63, 3.8) is 0 Å². The van der Waals surface area contributed by atoms with Gasteiger partial charge in [-0.1, -0.05) is 152 Å². The third-order valence-electron chi connectivity index (χ3n) is 9.69. The van der Waals surface area contributed by atoms with E-state index in [0.717, 1.165) is 83.3 Å². The first-order valence-electron chi connectivity index (χ1n) is 17.1.